The molecule has 1 aliphatic rings. The molecule has 0 radical (unpaired) electrons. The Hall–Kier alpha value is -1.40. The van der Waals surface area contributed by atoms with Crippen molar-refractivity contribution in [3.8, 4) is 0 Å². The normalized spacial score (nSPS) is 16.1. The highest BCUT2D eigenvalue weighted by Gasteiger charge is 2.28. The lowest BCUT2D eigenvalue weighted by molar-refractivity contribution is 0.261. The number of nitrogens with zero attached hydrogens (tertiary/aromatic N) is 3. The molecule has 0 saturated heterocycles. The van der Waals surface area contributed by atoms with Gasteiger partial charge in [0.15, 0.2) is 0 Å². The molecule has 1 atom stereocenters. The summed E-state index contributed by atoms with van der Waals surface area (Å²) in [6.45, 7) is 8.31. The minimum absolute atomic E-state index is 0.515. The monoisotopic (exact) mass is 292 g/mol. The molecule has 6 heteroatoms. The maximum atomic E-state index is 5.57. The number of rotatable bonds is 8. The number of hydrazine groups is 1. The van der Waals surface area contributed by atoms with Gasteiger partial charge in [-0.1, -0.05) is 6.92 Å². The number of hydrogen-bond acceptors (Lipinski definition) is 6. The highest BCUT2D eigenvalue weighted by Crippen LogP contribution is 2.39. The molecule has 118 valence electrons. The van der Waals surface area contributed by atoms with Crippen LogP contribution in [0.1, 0.15) is 50.4 Å². The smallest absolute Gasteiger partial charge is 0.148 e. The average molecular weight is 292 g/mol. The maximum absolute atomic E-state index is 5.57. The van der Waals surface area contributed by atoms with Crippen LogP contribution in [0.5, 0.6) is 0 Å². The summed E-state index contributed by atoms with van der Waals surface area (Å²) in [4.78, 5) is 11.5. The van der Waals surface area contributed by atoms with E-state index in [0.717, 1.165) is 42.5 Å². The number of nitrogens with two attached hydrogens (primary N) is 1. The summed E-state index contributed by atoms with van der Waals surface area (Å²) >= 11 is 0. The van der Waals surface area contributed by atoms with Crippen LogP contribution < -0.4 is 16.6 Å². The SMILES string of the molecule is CCC(C)N(C)CCNc1nc(C2CC2)nc(NN)c1C. The third-order valence-corrected chi connectivity index (χ3v) is 4.34. The molecule has 1 aromatic rings. The molecule has 21 heavy (non-hydrogen) atoms. The molecule has 2 rings (SSSR count). The van der Waals surface area contributed by atoms with Crippen LogP contribution in [0.3, 0.4) is 0 Å². The van der Waals surface area contributed by atoms with Crippen molar-refractivity contribution >= 4 is 11.6 Å². The summed E-state index contributed by atoms with van der Waals surface area (Å²) in [7, 11) is 2.16. The topological polar surface area (TPSA) is 79.1 Å². The molecule has 4 N–H and O–H groups in total. The van der Waals surface area contributed by atoms with E-state index in [9.17, 15) is 0 Å². The van der Waals surface area contributed by atoms with E-state index >= 15 is 0 Å². The molecule has 0 spiro atoms. The number of nitrogen functional groups attached to an aromatic ring is 1. The van der Waals surface area contributed by atoms with E-state index in [1.54, 1.807) is 0 Å². The Morgan fingerprint density at radius 3 is 2.57 bits per heavy atom. The number of aromatic nitrogens is 2. The van der Waals surface area contributed by atoms with Crippen LogP contribution in [-0.2, 0) is 0 Å². The molecule has 0 bridgehead atoms. The first-order valence-corrected chi connectivity index (χ1v) is 7.86. The average Bonchev–Trinajstić information content (AvgIpc) is 3.32. The highest BCUT2D eigenvalue weighted by atomic mass is 15.3. The van der Waals surface area contributed by atoms with Crippen LogP contribution in [0.25, 0.3) is 0 Å². The van der Waals surface area contributed by atoms with Crippen molar-refractivity contribution in [1.82, 2.24) is 14.9 Å². The second-order valence-electron chi connectivity index (χ2n) is 5.99. The van der Waals surface area contributed by atoms with E-state index in [1.807, 2.05) is 6.92 Å². The van der Waals surface area contributed by atoms with Gasteiger partial charge in [-0.25, -0.2) is 15.8 Å². The van der Waals surface area contributed by atoms with Crippen molar-refractivity contribution in [2.24, 2.45) is 5.84 Å². The largest absolute Gasteiger partial charge is 0.368 e. The lowest BCUT2D eigenvalue weighted by Crippen LogP contribution is -2.33. The van der Waals surface area contributed by atoms with Gasteiger partial charge in [0.25, 0.3) is 0 Å². The summed E-state index contributed by atoms with van der Waals surface area (Å²) in [5.41, 5.74) is 3.66. The molecule has 0 aliphatic heterocycles. The summed E-state index contributed by atoms with van der Waals surface area (Å²) in [6, 6.07) is 0.599. The number of nitrogens with one attached hydrogen (secondary N) is 2. The molecule has 1 aromatic heterocycles. The van der Waals surface area contributed by atoms with Crippen molar-refractivity contribution in [3.05, 3.63) is 11.4 Å². The zero-order valence-corrected chi connectivity index (χ0v) is 13.6. The van der Waals surface area contributed by atoms with Crippen molar-refractivity contribution in [2.75, 3.05) is 30.9 Å². The third-order valence-electron chi connectivity index (χ3n) is 4.34. The van der Waals surface area contributed by atoms with Crippen LogP contribution in [-0.4, -0.2) is 41.0 Å². The van der Waals surface area contributed by atoms with E-state index in [-0.39, 0.29) is 0 Å². The van der Waals surface area contributed by atoms with Gasteiger partial charge in [0.2, 0.25) is 0 Å². The van der Waals surface area contributed by atoms with Crippen LogP contribution in [0.2, 0.25) is 0 Å². The molecular formula is C15H28N6. The molecule has 1 unspecified atom stereocenters. The minimum atomic E-state index is 0.515. The second-order valence-corrected chi connectivity index (χ2v) is 5.99. The van der Waals surface area contributed by atoms with Crippen LogP contribution in [0.4, 0.5) is 11.6 Å². The first-order chi connectivity index (χ1) is 10.1. The Bertz CT molecular complexity index is 471. The van der Waals surface area contributed by atoms with Crippen LogP contribution in [0, 0.1) is 6.92 Å². The quantitative estimate of drug-likeness (QED) is 0.503. The Morgan fingerprint density at radius 1 is 1.33 bits per heavy atom. The predicted octanol–water partition coefficient (Wildman–Crippen LogP) is 2.09. The van der Waals surface area contributed by atoms with Crippen molar-refractivity contribution in [1.29, 1.82) is 0 Å². The minimum Gasteiger partial charge on any atom is -0.368 e. The fourth-order valence-electron chi connectivity index (χ4n) is 2.25. The van der Waals surface area contributed by atoms with Crippen molar-refractivity contribution < 1.29 is 0 Å². The van der Waals surface area contributed by atoms with Crippen LogP contribution in [0.15, 0.2) is 0 Å². The fraction of sp³-hybridized carbons (Fsp3) is 0.733. The summed E-state index contributed by atoms with van der Waals surface area (Å²) in [6.07, 6.45) is 3.53. The van der Waals surface area contributed by atoms with Crippen molar-refractivity contribution in [2.45, 2.75) is 52.0 Å². The van der Waals surface area contributed by atoms with Gasteiger partial charge in [0.05, 0.1) is 0 Å². The van der Waals surface area contributed by atoms with E-state index in [1.165, 1.54) is 12.8 Å². The molecule has 1 saturated carbocycles. The number of likely N-dealkylation sites (N-methyl/N-ethyl adjacent to an activating group) is 1. The molecule has 1 fully saturated rings. The Labute approximate surface area is 127 Å². The van der Waals surface area contributed by atoms with Crippen LogP contribution >= 0.6 is 0 Å². The number of anilines is 2. The molecular weight excluding hydrogens is 264 g/mol. The van der Waals surface area contributed by atoms with E-state index in [4.69, 9.17) is 5.84 Å². The van der Waals surface area contributed by atoms with Gasteiger partial charge in [-0.2, -0.15) is 0 Å². The van der Waals surface area contributed by atoms with Gasteiger partial charge in [-0.05, 0) is 40.2 Å². The first-order valence-electron chi connectivity index (χ1n) is 7.86. The lowest BCUT2D eigenvalue weighted by Gasteiger charge is -2.24. The first kappa shape index (κ1) is 16.0. The van der Waals surface area contributed by atoms with E-state index in [0.29, 0.717) is 12.0 Å². The summed E-state index contributed by atoms with van der Waals surface area (Å²) in [5.74, 6) is 8.62. The maximum Gasteiger partial charge on any atom is 0.148 e. The van der Waals surface area contributed by atoms with Gasteiger partial charge in [0.1, 0.15) is 17.5 Å². The zero-order valence-electron chi connectivity index (χ0n) is 13.6. The Kier molecular flexibility index (Phi) is 5.36. The standard InChI is InChI=1S/C15H28N6/c1-5-10(2)21(4)9-8-17-13-11(3)14(20-16)19-15(18-13)12-6-7-12/h10,12H,5-9,16H2,1-4H3,(H2,17,18,19,20). The Morgan fingerprint density at radius 2 is 2.00 bits per heavy atom. The lowest BCUT2D eigenvalue weighted by atomic mass is 10.2. The van der Waals surface area contributed by atoms with Gasteiger partial charge in [-0.15, -0.1) is 0 Å². The van der Waals surface area contributed by atoms with Gasteiger partial charge in [0, 0.05) is 30.6 Å². The molecule has 0 aromatic carbocycles. The molecule has 0 amide bonds. The fourth-order valence-corrected chi connectivity index (χ4v) is 2.25. The molecule has 1 heterocycles. The Balaban J connectivity index is 2.00. The molecule has 6 nitrogen and oxygen atoms in total. The summed E-state index contributed by atoms with van der Waals surface area (Å²) < 4.78 is 0. The van der Waals surface area contributed by atoms with E-state index < -0.39 is 0 Å². The van der Waals surface area contributed by atoms with Gasteiger partial charge < -0.3 is 15.6 Å². The van der Waals surface area contributed by atoms with Gasteiger partial charge in [-0.3, -0.25) is 0 Å². The van der Waals surface area contributed by atoms with E-state index in [2.05, 4.69) is 46.5 Å². The molecule has 1 aliphatic carbocycles. The summed E-state index contributed by atoms with van der Waals surface area (Å²) in [5, 5.41) is 3.43. The zero-order chi connectivity index (χ0) is 15.4. The predicted molar refractivity (Wildman–Crippen MR) is 87.4 cm³/mol. The van der Waals surface area contributed by atoms with Gasteiger partial charge >= 0.3 is 0 Å². The van der Waals surface area contributed by atoms with Crippen molar-refractivity contribution in [3.63, 3.8) is 0 Å². The second kappa shape index (κ2) is 7.04. The highest BCUT2D eigenvalue weighted by molar-refractivity contribution is 5.57. The third kappa shape index (κ3) is 4.04. The number of hydrogen-bond donors (Lipinski definition) is 3.